The quantitative estimate of drug-likeness (QED) is 0.601. The van der Waals surface area contributed by atoms with E-state index in [1.807, 2.05) is 19.3 Å². The number of rotatable bonds is 8. The van der Waals surface area contributed by atoms with E-state index < -0.39 is 0 Å². The van der Waals surface area contributed by atoms with Gasteiger partial charge in [0.05, 0.1) is 17.6 Å². The number of H-pyrrole nitrogens is 1. The number of nitrogens with zero attached hydrogens (tertiary/aromatic N) is 4. The highest BCUT2D eigenvalue weighted by molar-refractivity contribution is 5.69. The molecule has 0 fully saturated rings. The Balaban J connectivity index is 2.04. The van der Waals surface area contributed by atoms with Gasteiger partial charge in [0.2, 0.25) is 0 Å². The highest BCUT2D eigenvalue weighted by Crippen LogP contribution is 2.25. The second-order valence-corrected chi connectivity index (χ2v) is 6.28. The minimum atomic E-state index is 0.664. The van der Waals surface area contributed by atoms with E-state index in [1.54, 1.807) is 17.0 Å². The Morgan fingerprint density at radius 3 is 2.85 bits per heavy atom. The normalized spacial score (nSPS) is 11.6. The van der Waals surface area contributed by atoms with Gasteiger partial charge in [-0.1, -0.05) is 36.4 Å². The Morgan fingerprint density at radius 2 is 2.19 bits per heavy atom. The third-order valence-corrected chi connectivity index (χ3v) is 4.35. The molecule has 0 saturated carbocycles. The molecule has 27 heavy (non-hydrogen) atoms. The molecule has 0 unspecified atom stereocenters. The average molecular weight is 360 g/mol. The van der Waals surface area contributed by atoms with Crippen molar-refractivity contribution in [1.29, 1.82) is 0 Å². The average Bonchev–Trinajstić information content (AvgIpc) is 3.34. The van der Waals surface area contributed by atoms with Crippen LogP contribution in [0.5, 0.6) is 0 Å². The lowest BCUT2D eigenvalue weighted by Gasteiger charge is -2.11. The Morgan fingerprint density at radius 1 is 1.33 bits per heavy atom. The van der Waals surface area contributed by atoms with Crippen LogP contribution in [0.3, 0.4) is 0 Å². The molecule has 2 heterocycles. The van der Waals surface area contributed by atoms with Crippen molar-refractivity contribution < 1.29 is 0 Å². The van der Waals surface area contributed by atoms with E-state index in [-0.39, 0.29) is 0 Å². The van der Waals surface area contributed by atoms with E-state index in [4.69, 9.17) is 0 Å². The summed E-state index contributed by atoms with van der Waals surface area (Å²) in [6.45, 7) is 10.4. The van der Waals surface area contributed by atoms with Gasteiger partial charge in [-0.3, -0.25) is 5.10 Å². The standard InChI is InChI=1S/C21H24N6/c1-5-19-11-21(23-4)27(26-19)20(18-13-24-25-14-18)9-8-16-7-6-15(2)10-17(16)12-22-3/h5-7,9-11,13-14,22H,1,4,8,12H2,2-3H3,(H,24,25)/b20-9-. The number of hydrogen-bond donors (Lipinski definition) is 2. The monoisotopic (exact) mass is 360 g/mol. The Kier molecular flexibility index (Phi) is 5.78. The number of aryl methyl sites for hydroxylation is 1. The minimum absolute atomic E-state index is 0.664. The molecule has 0 radical (unpaired) electrons. The maximum Gasteiger partial charge on any atom is 0.155 e. The van der Waals surface area contributed by atoms with Crippen LogP contribution in [0.15, 0.2) is 54.3 Å². The first-order valence-electron chi connectivity index (χ1n) is 8.78. The lowest BCUT2D eigenvalue weighted by molar-refractivity contribution is 0.807. The summed E-state index contributed by atoms with van der Waals surface area (Å²) in [5.41, 5.74) is 6.38. The van der Waals surface area contributed by atoms with Crippen molar-refractivity contribution in [2.45, 2.75) is 19.9 Å². The molecule has 0 saturated heterocycles. The fourth-order valence-electron chi connectivity index (χ4n) is 3.01. The first kappa shape index (κ1) is 18.5. The van der Waals surface area contributed by atoms with Crippen molar-refractivity contribution >= 4 is 24.3 Å². The molecule has 138 valence electrons. The third kappa shape index (κ3) is 4.12. The zero-order chi connectivity index (χ0) is 19.2. The smallest absolute Gasteiger partial charge is 0.155 e. The van der Waals surface area contributed by atoms with Crippen LogP contribution in [0.2, 0.25) is 0 Å². The summed E-state index contributed by atoms with van der Waals surface area (Å²) in [5, 5.41) is 14.8. The molecule has 0 aliphatic carbocycles. The van der Waals surface area contributed by atoms with Crippen LogP contribution in [-0.4, -0.2) is 33.7 Å². The molecule has 0 atom stereocenters. The lowest BCUT2D eigenvalue weighted by atomic mass is 10.0. The predicted molar refractivity (Wildman–Crippen MR) is 111 cm³/mol. The summed E-state index contributed by atoms with van der Waals surface area (Å²) >= 11 is 0. The second kappa shape index (κ2) is 8.42. The van der Waals surface area contributed by atoms with E-state index in [9.17, 15) is 0 Å². The number of allylic oxidation sites excluding steroid dienone is 1. The Bertz CT molecular complexity index is 963. The number of aliphatic imine (C=N–C) groups is 1. The van der Waals surface area contributed by atoms with Crippen molar-refractivity contribution in [3.8, 4) is 0 Å². The van der Waals surface area contributed by atoms with Gasteiger partial charge in [0.25, 0.3) is 0 Å². The topological polar surface area (TPSA) is 70.9 Å². The highest BCUT2D eigenvalue weighted by Gasteiger charge is 2.13. The molecule has 0 spiro atoms. The first-order chi connectivity index (χ1) is 13.2. The largest absolute Gasteiger partial charge is 0.316 e. The molecule has 0 aliphatic rings. The molecule has 0 bridgehead atoms. The van der Waals surface area contributed by atoms with Crippen LogP contribution < -0.4 is 5.32 Å². The molecule has 0 aliphatic heterocycles. The van der Waals surface area contributed by atoms with Crippen molar-refractivity contribution in [3.63, 3.8) is 0 Å². The summed E-state index contributed by atoms with van der Waals surface area (Å²) in [7, 11) is 1.96. The van der Waals surface area contributed by atoms with Crippen molar-refractivity contribution in [2.75, 3.05) is 7.05 Å². The maximum atomic E-state index is 4.58. The molecule has 2 N–H and O–H groups in total. The fourth-order valence-corrected chi connectivity index (χ4v) is 3.01. The molecule has 0 amide bonds. The van der Waals surface area contributed by atoms with E-state index >= 15 is 0 Å². The summed E-state index contributed by atoms with van der Waals surface area (Å²) in [5.74, 6) is 0.664. The van der Waals surface area contributed by atoms with Gasteiger partial charge in [0.15, 0.2) is 5.82 Å². The number of aromatic amines is 1. The summed E-state index contributed by atoms with van der Waals surface area (Å²) < 4.78 is 1.78. The predicted octanol–water partition coefficient (Wildman–Crippen LogP) is 3.74. The van der Waals surface area contributed by atoms with Gasteiger partial charge < -0.3 is 5.32 Å². The van der Waals surface area contributed by atoms with Crippen LogP contribution in [-0.2, 0) is 13.0 Å². The van der Waals surface area contributed by atoms with Crippen molar-refractivity contribution in [1.82, 2.24) is 25.3 Å². The van der Waals surface area contributed by atoms with Crippen LogP contribution in [0, 0.1) is 6.92 Å². The van der Waals surface area contributed by atoms with E-state index in [0.29, 0.717) is 5.82 Å². The van der Waals surface area contributed by atoms with Gasteiger partial charge >= 0.3 is 0 Å². The van der Waals surface area contributed by atoms with Crippen LogP contribution in [0.1, 0.15) is 27.9 Å². The van der Waals surface area contributed by atoms with Gasteiger partial charge in [0.1, 0.15) is 0 Å². The molecular weight excluding hydrogens is 336 g/mol. The number of hydrogen-bond acceptors (Lipinski definition) is 4. The van der Waals surface area contributed by atoms with E-state index in [0.717, 1.165) is 29.9 Å². The molecule has 3 aromatic rings. The van der Waals surface area contributed by atoms with Gasteiger partial charge in [-0.25, -0.2) is 9.67 Å². The first-order valence-corrected chi connectivity index (χ1v) is 8.78. The number of benzene rings is 1. The van der Waals surface area contributed by atoms with Crippen LogP contribution in [0.25, 0.3) is 11.8 Å². The molecular formula is C21H24N6. The fraction of sp³-hybridized carbons (Fsp3) is 0.190. The molecule has 1 aromatic carbocycles. The molecule has 3 rings (SSSR count). The van der Waals surface area contributed by atoms with Crippen molar-refractivity contribution in [2.24, 2.45) is 4.99 Å². The van der Waals surface area contributed by atoms with Gasteiger partial charge in [-0.2, -0.15) is 10.2 Å². The Hall–Kier alpha value is -3.25. The molecule has 6 nitrogen and oxygen atoms in total. The van der Waals surface area contributed by atoms with Crippen LogP contribution >= 0.6 is 0 Å². The van der Waals surface area contributed by atoms with Gasteiger partial charge in [0, 0.05) is 24.4 Å². The Labute approximate surface area is 159 Å². The summed E-state index contributed by atoms with van der Waals surface area (Å²) in [6.07, 6.45) is 8.22. The zero-order valence-electron chi connectivity index (χ0n) is 15.7. The summed E-state index contributed by atoms with van der Waals surface area (Å²) in [4.78, 5) is 4.10. The number of nitrogens with one attached hydrogen (secondary N) is 2. The molecule has 6 heteroatoms. The highest BCUT2D eigenvalue weighted by atomic mass is 15.3. The number of aromatic nitrogens is 4. The minimum Gasteiger partial charge on any atom is -0.316 e. The summed E-state index contributed by atoms with van der Waals surface area (Å²) in [6, 6.07) is 8.39. The van der Waals surface area contributed by atoms with Gasteiger partial charge in [-0.05, 0) is 44.3 Å². The maximum absolute atomic E-state index is 4.58. The molecule has 2 aromatic heterocycles. The van der Waals surface area contributed by atoms with E-state index in [1.165, 1.54) is 16.7 Å². The third-order valence-electron chi connectivity index (χ3n) is 4.35. The van der Waals surface area contributed by atoms with Crippen molar-refractivity contribution in [3.05, 3.63) is 77.3 Å². The van der Waals surface area contributed by atoms with E-state index in [2.05, 4.69) is 70.1 Å². The second-order valence-electron chi connectivity index (χ2n) is 6.28. The SMILES string of the molecule is C=Cc1cc(N=C)n(/C(=C\Cc2ccc(C)cc2CNC)c2cn[nH]c2)n1. The van der Waals surface area contributed by atoms with Gasteiger partial charge in [-0.15, -0.1) is 0 Å². The lowest BCUT2D eigenvalue weighted by Crippen LogP contribution is -2.08. The zero-order valence-corrected chi connectivity index (χ0v) is 15.7. The van der Waals surface area contributed by atoms with Crippen LogP contribution in [0.4, 0.5) is 5.82 Å².